The predicted molar refractivity (Wildman–Crippen MR) is 129 cm³/mol. The number of hydrogen-bond acceptors (Lipinski definition) is 3. The number of hydrogen-bond donors (Lipinski definition) is 0. The van der Waals surface area contributed by atoms with Crippen LogP contribution in [0.2, 0.25) is 0 Å². The molecule has 7 heteroatoms. The van der Waals surface area contributed by atoms with Gasteiger partial charge in [0, 0.05) is 12.2 Å². The fourth-order valence-corrected chi connectivity index (χ4v) is 5.56. The summed E-state index contributed by atoms with van der Waals surface area (Å²) in [6.07, 6.45) is 5.24. The van der Waals surface area contributed by atoms with Gasteiger partial charge in [-0.25, -0.2) is 22.4 Å². The number of rotatable bonds is 7. The third-order valence-electron chi connectivity index (χ3n) is 7.83. The first-order valence-electron chi connectivity index (χ1n) is 13.0. The summed E-state index contributed by atoms with van der Waals surface area (Å²) in [6, 6.07) is 5.97. The summed E-state index contributed by atoms with van der Waals surface area (Å²) >= 11 is 0. The van der Waals surface area contributed by atoms with Gasteiger partial charge in [-0.15, -0.1) is 0 Å². The van der Waals surface area contributed by atoms with Crippen LogP contribution in [0, 0.1) is 29.2 Å². The molecule has 0 unspecified atom stereocenters. The zero-order valence-electron chi connectivity index (χ0n) is 20.9. The van der Waals surface area contributed by atoms with Crippen molar-refractivity contribution in [3.8, 4) is 0 Å². The highest BCUT2D eigenvalue weighted by molar-refractivity contribution is 5.90. The minimum absolute atomic E-state index is 0.0322. The number of halogens is 4. The molecular formula is C29H34F4O3. The Kier molecular flexibility index (Phi) is 8.70. The Labute approximate surface area is 210 Å². The van der Waals surface area contributed by atoms with Crippen molar-refractivity contribution in [2.75, 3.05) is 6.61 Å². The molecular weight excluding hydrogens is 472 g/mol. The van der Waals surface area contributed by atoms with Crippen molar-refractivity contribution < 1.29 is 31.8 Å². The standard InChI is InChI=1S/C29H34F4O3/c1-3-35-16-20-10-13-24(28(33)25(20)30)29(34)36-21-11-8-19(9-12-21)23-15-14-22(26(31)27(23)32)18-6-4-17(2)5-7-18/h10,13-15,17-19,21H,3-9,11-12,16H2,1-2H3. The highest BCUT2D eigenvalue weighted by Gasteiger charge is 2.31. The van der Waals surface area contributed by atoms with Gasteiger partial charge in [0.15, 0.2) is 23.3 Å². The molecule has 196 valence electrons. The maximum absolute atomic E-state index is 15.1. The molecule has 2 aliphatic carbocycles. The second kappa shape index (κ2) is 11.8. The molecule has 2 aromatic carbocycles. The van der Waals surface area contributed by atoms with Crippen LogP contribution in [0.25, 0.3) is 0 Å². The lowest BCUT2D eigenvalue weighted by molar-refractivity contribution is 0.0188. The fraction of sp³-hybridized carbons (Fsp3) is 0.552. The maximum atomic E-state index is 15.1. The molecule has 2 fully saturated rings. The lowest BCUT2D eigenvalue weighted by atomic mass is 9.77. The smallest absolute Gasteiger partial charge is 0.341 e. The molecule has 0 amide bonds. The highest BCUT2D eigenvalue weighted by Crippen LogP contribution is 2.41. The van der Waals surface area contributed by atoms with Crippen LogP contribution in [0.1, 0.15) is 104 Å². The molecule has 0 spiro atoms. The van der Waals surface area contributed by atoms with Gasteiger partial charge in [0.2, 0.25) is 0 Å². The summed E-state index contributed by atoms with van der Waals surface area (Å²) in [5.74, 6) is -4.28. The van der Waals surface area contributed by atoms with Crippen molar-refractivity contribution in [3.05, 3.63) is 69.8 Å². The van der Waals surface area contributed by atoms with Crippen molar-refractivity contribution in [2.45, 2.75) is 89.8 Å². The van der Waals surface area contributed by atoms with Gasteiger partial charge in [0.05, 0.1) is 12.2 Å². The number of carbonyl (C=O) groups is 1. The van der Waals surface area contributed by atoms with E-state index in [1.165, 1.54) is 12.1 Å². The zero-order valence-corrected chi connectivity index (χ0v) is 20.9. The van der Waals surface area contributed by atoms with E-state index in [1.807, 2.05) is 0 Å². The van der Waals surface area contributed by atoms with Crippen molar-refractivity contribution in [1.29, 1.82) is 0 Å². The molecule has 0 atom stereocenters. The van der Waals surface area contributed by atoms with E-state index in [9.17, 15) is 18.0 Å². The van der Waals surface area contributed by atoms with Gasteiger partial charge >= 0.3 is 5.97 Å². The minimum Gasteiger partial charge on any atom is -0.459 e. The quantitative estimate of drug-likeness (QED) is 0.282. The van der Waals surface area contributed by atoms with Crippen LogP contribution in [0.3, 0.4) is 0 Å². The van der Waals surface area contributed by atoms with Crippen LogP contribution in [-0.4, -0.2) is 18.7 Å². The normalized spacial score (nSPS) is 24.5. The second-order valence-corrected chi connectivity index (χ2v) is 10.2. The van der Waals surface area contributed by atoms with Crippen LogP contribution in [0.4, 0.5) is 17.6 Å². The zero-order chi connectivity index (χ0) is 25.8. The third kappa shape index (κ3) is 5.77. The summed E-state index contributed by atoms with van der Waals surface area (Å²) in [4.78, 5) is 12.5. The second-order valence-electron chi connectivity index (χ2n) is 10.2. The largest absolute Gasteiger partial charge is 0.459 e. The summed E-state index contributed by atoms with van der Waals surface area (Å²) in [7, 11) is 0. The van der Waals surface area contributed by atoms with Gasteiger partial charge in [-0.3, -0.25) is 0 Å². The molecule has 0 bridgehead atoms. The van der Waals surface area contributed by atoms with Gasteiger partial charge in [0.1, 0.15) is 6.10 Å². The van der Waals surface area contributed by atoms with E-state index in [-0.39, 0.29) is 24.0 Å². The van der Waals surface area contributed by atoms with E-state index in [2.05, 4.69) is 6.92 Å². The molecule has 2 saturated carbocycles. The molecule has 36 heavy (non-hydrogen) atoms. The summed E-state index contributed by atoms with van der Waals surface area (Å²) in [5.41, 5.74) is 0.413. The van der Waals surface area contributed by atoms with Crippen molar-refractivity contribution in [2.24, 2.45) is 5.92 Å². The molecule has 0 aromatic heterocycles. The van der Waals surface area contributed by atoms with Gasteiger partial charge < -0.3 is 9.47 Å². The van der Waals surface area contributed by atoms with E-state index >= 15 is 4.39 Å². The Morgan fingerprint density at radius 3 is 1.89 bits per heavy atom. The van der Waals surface area contributed by atoms with Crippen molar-refractivity contribution >= 4 is 5.97 Å². The molecule has 3 nitrogen and oxygen atoms in total. The number of benzene rings is 2. The topological polar surface area (TPSA) is 35.5 Å². The van der Waals surface area contributed by atoms with Gasteiger partial charge in [-0.05, 0) is 80.4 Å². The first-order chi connectivity index (χ1) is 17.3. The highest BCUT2D eigenvalue weighted by atomic mass is 19.2. The monoisotopic (exact) mass is 506 g/mol. The SMILES string of the molecule is CCOCc1ccc(C(=O)OC2CCC(c3ccc(C4CCC(C)CC4)c(F)c3F)CC2)c(F)c1F. The van der Waals surface area contributed by atoms with E-state index in [4.69, 9.17) is 9.47 Å². The number of carbonyl (C=O) groups excluding carboxylic acids is 1. The van der Waals surface area contributed by atoms with Gasteiger partial charge in [-0.1, -0.05) is 38.0 Å². The molecule has 0 aliphatic heterocycles. The predicted octanol–water partition coefficient (Wildman–Crippen LogP) is 7.96. The Morgan fingerprint density at radius 1 is 0.778 bits per heavy atom. The molecule has 2 aromatic rings. The van der Waals surface area contributed by atoms with Crippen LogP contribution < -0.4 is 0 Å². The molecule has 4 rings (SSSR count). The average Bonchev–Trinajstić information content (AvgIpc) is 2.88. The van der Waals surface area contributed by atoms with Crippen LogP contribution in [-0.2, 0) is 16.1 Å². The molecule has 0 radical (unpaired) electrons. The Morgan fingerprint density at radius 2 is 1.33 bits per heavy atom. The minimum atomic E-state index is -1.25. The van der Waals surface area contributed by atoms with Crippen LogP contribution in [0.5, 0.6) is 0 Å². The summed E-state index contributed by atoms with van der Waals surface area (Å²) in [5, 5.41) is 0. The molecule has 0 saturated heterocycles. The third-order valence-corrected chi connectivity index (χ3v) is 7.83. The number of esters is 1. The first-order valence-corrected chi connectivity index (χ1v) is 13.0. The fourth-order valence-electron chi connectivity index (χ4n) is 5.56. The van der Waals surface area contributed by atoms with Gasteiger partial charge in [0.25, 0.3) is 0 Å². The Hall–Kier alpha value is -2.41. The van der Waals surface area contributed by atoms with E-state index in [0.717, 1.165) is 25.7 Å². The lowest BCUT2D eigenvalue weighted by Crippen LogP contribution is -2.25. The average molecular weight is 507 g/mol. The lowest BCUT2D eigenvalue weighted by Gasteiger charge is -2.30. The van der Waals surface area contributed by atoms with E-state index in [0.29, 0.717) is 49.3 Å². The molecule has 0 N–H and O–H groups in total. The van der Waals surface area contributed by atoms with Crippen LogP contribution in [0.15, 0.2) is 24.3 Å². The maximum Gasteiger partial charge on any atom is 0.341 e. The first kappa shape index (κ1) is 26.6. The van der Waals surface area contributed by atoms with Crippen LogP contribution >= 0.6 is 0 Å². The molecule has 2 aliphatic rings. The van der Waals surface area contributed by atoms with Gasteiger partial charge in [-0.2, -0.15) is 0 Å². The van der Waals surface area contributed by atoms with E-state index < -0.39 is 40.9 Å². The number of ether oxygens (including phenoxy) is 2. The summed E-state index contributed by atoms with van der Waals surface area (Å²) < 4.78 is 69.3. The Balaban J connectivity index is 1.36. The van der Waals surface area contributed by atoms with Crippen molar-refractivity contribution in [3.63, 3.8) is 0 Å². The summed E-state index contributed by atoms with van der Waals surface area (Å²) in [6.45, 7) is 4.20. The van der Waals surface area contributed by atoms with E-state index in [1.54, 1.807) is 19.1 Å². The molecule has 0 heterocycles. The van der Waals surface area contributed by atoms with Crippen molar-refractivity contribution in [1.82, 2.24) is 0 Å². The Bertz CT molecular complexity index is 1070.